The van der Waals surface area contributed by atoms with Gasteiger partial charge in [-0.2, -0.15) is 18.4 Å². The van der Waals surface area contributed by atoms with Crippen LogP contribution in [0.5, 0.6) is 5.88 Å². The van der Waals surface area contributed by atoms with E-state index in [1.165, 1.54) is 0 Å². The summed E-state index contributed by atoms with van der Waals surface area (Å²) in [6, 6.07) is 3.61. The van der Waals surface area contributed by atoms with Crippen molar-refractivity contribution >= 4 is 0 Å². The number of halogens is 3. The van der Waals surface area contributed by atoms with Crippen molar-refractivity contribution in [2.45, 2.75) is 33.4 Å². The Morgan fingerprint density at radius 3 is 2.37 bits per heavy atom. The van der Waals surface area contributed by atoms with Crippen LogP contribution in [0.2, 0.25) is 0 Å². The minimum Gasteiger partial charge on any atom is -0.477 e. The topological polar surface area (TPSA) is 45.9 Å². The van der Waals surface area contributed by atoms with Gasteiger partial charge in [-0.1, -0.05) is 20.8 Å². The monoisotopic (exact) mass is 272 g/mol. The van der Waals surface area contributed by atoms with E-state index in [1.807, 2.05) is 20.8 Å². The quantitative estimate of drug-likeness (QED) is 0.841. The highest BCUT2D eigenvalue weighted by Crippen LogP contribution is 2.30. The molecule has 1 rings (SSSR count). The molecular weight excluding hydrogens is 257 g/mol. The molecule has 1 aromatic heterocycles. The van der Waals surface area contributed by atoms with Gasteiger partial charge in [-0.3, -0.25) is 0 Å². The maximum Gasteiger partial charge on any atom is 0.433 e. The van der Waals surface area contributed by atoms with E-state index in [0.717, 1.165) is 12.1 Å². The van der Waals surface area contributed by atoms with Crippen molar-refractivity contribution < 1.29 is 17.9 Å². The van der Waals surface area contributed by atoms with Gasteiger partial charge < -0.3 is 4.74 Å². The van der Waals surface area contributed by atoms with Crippen LogP contribution in [0, 0.1) is 16.7 Å². The minimum atomic E-state index is -4.55. The molecule has 6 heteroatoms. The number of nitriles is 1. The van der Waals surface area contributed by atoms with Gasteiger partial charge in [0.25, 0.3) is 0 Å². The van der Waals surface area contributed by atoms with Crippen molar-refractivity contribution in [3.05, 3.63) is 23.4 Å². The van der Waals surface area contributed by atoms with Crippen LogP contribution in [-0.4, -0.2) is 11.6 Å². The second-order valence-electron chi connectivity index (χ2n) is 5.32. The lowest BCUT2D eigenvalue weighted by Crippen LogP contribution is -2.14. The summed E-state index contributed by atoms with van der Waals surface area (Å²) in [6.07, 6.45) is -3.90. The van der Waals surface area contributed by atoms with Gasteiger partial charge in [0.15, 0.2) is 0 Å². The van der Waals surface area contributed by atoms with Gasteiger partial charge in [-0.05, 0) is 24.0 Å². The van der Waals surface area contributed by atoms with E-state index in [4.69, 9.17) is 10.00 Å². The molecular formula is C13H15F3N2O. The summed E-state index contributed by atoms with van der Waals surface area (Å²) >= 11 is 0. The van der Waals surface area contributed by atoms with Crippen molar-refractivity contribution in [3.8, 4) is 11.9 Å². The van der Waals surface area contributed by atoms with Gasteiger partial charge in [0.2, 0.25) is 5.88 Å². The second kappa shape index (κ2) is 5.47. The molecule has 0 aliphatic heterocycles. The molecule has 0 radical (unpaired) electrons. The van der Waals surface area contributed by atoms with E-state index < -0.39 is 11.9 Å². The zero-order chi connectivity index (χ0) is 14.7. The summed E-state index contributed by atoms with van der Waals surface area (Å²) in [4.78, 5) is 3.36. The highest BCUT2D eigenvalue weighted by molar-refractivity contribution is 5.39. The van der Waals surface area contributed by atoms with Crippen molar-refractivity contribution in [2.24, 2.45) is 5.41 Å². The number of alkyl halides is 3. The standard InChI is InChI=1S/C13H15F3N2O/c1-12(2,3)6-7-19-11-9(8-17)4-5-10(18-11)13(14,15)16/h4-5H,6-7H2,1-3H3. The maximum atomic E-state index is 12.5. The molecule has 0 saturated carbocycles. The third-order valence-corrected chi connectivity index (χ3v) is 2.36. The molecule has 0 bridgehead atoms. The average molecular weight is 272 g/mol. The third kappa shape index (κ3) is 4.78. The van der Waals surface area contributed by atoms with E-state index in [-0.39, 0.29) is 23.5 Å². The lowest BCUT2D eigenvalue weighted by Gasteiger charge is -2.18. The zero-order valence-electron chi connectivity index (χ0n) is 11.0. The maximum absolute atomic E-state index is 12.5. The van der Waals surface area contributed by atoms with Crippen LogP contribution < -0.4 is 4.74 Å². The zero-order valence-corrected chi connectivity index (χ0v) is 11.0. The first-order chi connectivity index (χ1) is 8.63. The third-order valence-electron chi connectivity index (χ3n) is 2.36. The molecule has 3 nitrogen and oxygen atoms in total. The lowest BCUT2D eigenvalue weighted by atomic mass is 9.93. The van der Waals surface area contributed by atoms with E-state index in [9.17, 15) is 13.2 Å². The number of ether oxygens (including phenoxy) is 1. The Balaban J connectivity index is 2.89. The predicted octanol–water partition coefficient (Wildman–Crippen LogP) is 3.79. The lowest BCUT2D eigenvalue weighted by molar-refractivity contribution is -0.141. The Morgan fingerprint density at radius 1 is 1.26 bits per heavy atom. The SMILES string of the molecule is CC(C)(C)CCOc1nc(C(F)(F)F)ccc1C#N. The molecule has 1 aromatic rings. The van der Waals surface area contributed by atoms with Gasteiger partial charge in [-0.25, -0.2) is 4.98 Å². The van der Waals surface area contributed by atoms with Crippen LogP contribution in [0.3, 0.4) is 0 Å². The van der Waals surface area contributed by atoms with Gasteiger partial charge in [0, 0.05) is 0 Å². The summed E-state index contributed by atoms with van der Waals surface area (Å²) in [7, 11) is 0. The number of rotatable bonds is 3. The molecule has 1 heterocycles. The molecule has 0 spiro atoms. The molecule has 19 heavy (non-hydrogen) atoms. The van der Waals surface area contributed by atoms with E-state index in [0.29, 0.717) is 6.42 Å². The Kier molecular flexibility index (Phi) is 4.40. The molecule has 0 aliphatic carbocycles. The van der Waals surface area contributed by atoms with Crippen molar-refractivity contribution in [1.82, 2.24) is 4.98 Å². The predicted molar refractivity (Wildman–Crippen MR) is 63.5 cm³/mol. The molecule has 0 fully saturated rings. The number of hydrogen-bond acceptors (Lipinski definition) is 3. The summed E-state index contributed by atoms with van der Waals surface area (Å²) < 4.78 is 42.7. The smallest absolute Gasteiger partial charge is 0.433 e. The fraction of sp³-hybridized carbons (Fsp3) is 0.538. The summed E-state index contributed by atoms with van der Waals surface area (Å²) in [5, 5.41) is 8.82. The molecule has 0 atom stereocenters. The molecule has 0 N–H and O–H groups in total. The first-order valence-corrected chi connectivity index (χ1v) is 5.74. The van der Waals surface area contributed by atoms with Crippen LogP contribution in [0.15, 0.2) is 12.1 Å². The number of aromatic nitrogens is 1. The van der Waals surface area contributed by atoms with Crippen LogP contribution in [0.4, 0.5) is 13.2 Å². The van der Waals surface area contributed by atoms with Crippen molar-refractivity contribution in [2.75, 3.05) is 6.61 Å². The Hall–Kier alpha value is -1.77. The normalized spacial score (nSPS) is 12.1. The van der Waals surface area contributed by atoms with Crippen molar-refractivity contribution in [3.63, 3.8) is 0 Å². The van der Waals surface area contributed by atoms with Crippen LogP contribution in [0.25, 0.3) is 0 Å². The average Bonchev–Trinajstić information content (AvgIpc) is 2.26. The first kappa shape index (κ1) is 15.3. The molecule has 0 aromatic carbocycles. The number of nitrogens with zero attached hydrogens (tertiary/aromatic N) is 2. The summed E-state index contributed by atoms with van der Waals surface area (Å²) in [5.41, 5.74) is -1.06. The first-order valence-electron chi connectivity index (χ1n) is 5.74. The van der Waals surface area contributed by atoms with Crippen LogP contribution in [-0.2, 0) is 6.18 Å². The second-order valence-corrected chi connectivity index (χ2v) is 5.32. The van der Waals surface area contributed by atoms with Gasteiger partial charge in [0.05, 0.1) is 6.61 Å². The van der Waals surface area contributed by atoms with Crippen LogP contribution >= 0.6 is 0 Å². The largest absolute Gasteiger partial charge is 0.477 e. The number of hydrogen-bond donors (Lipinski definition) is 0. The van der Waals surface area contributed by atoms with E-state index in [1.54, 1.807) is 6.07 Å². The molecule has 0 amide bonds. The fourth-order valence-electron chi connectivity index (χ4n) is 1.25. The Bertz CT molecular complexity index is 484. The number of pyridine rings is 1. The highest BCUT2D eigenvalue weighted by atomic mass is 19.4. The Morgan fingerprint density at radius 2 is 1.89 bits per heavy atom. The van der Waals surface area contributed by atoms with E-state index >= 15 is 0 Å². The Labute approximate surface area is 110 Å². The van der Waals surface area contributed by atoms with Crippen molar-refractivity contribution in [1.29, 1.82) is 5.26 Å². The molecule has 0 aliphatic rings. The van der Waals surface area contributed by atoms with Crippen LogP contribution in [0.1, 0.15) is 38.4 Å². The van der Waals surface area contributed by atoms with Gasteiger partial charge in [-0.15, -0.1) is 0 Å². The molecule has 0 saturated heterocycles. The van der Waals surface area contributed by atoms with Gasteiger partial charge in [0.1, 0.15) is 17.3 Å². The minimum absolute atomic E-state index is 0.00177. The summed E-state index contributed by atoms with van der Waals surface area (Å²) in [5.74, 6) is -0.262. The highest BCUT2D eigenvalue weighted by Gasteiger charge is 2.33. The summed E-state index contributed by atoms with van der Waals surface area (Å²) in [6.45, 7) is 6.18. The fourth-order valence-corrected chi connectivity index (χ4v) is 1.25. The van der Waals surface area contributed by atoms with Gasteiger partial charge >= 0.3 is 6.18 Å². The molecule has 0 unspecified atom stereocenters. The van der Waals surface area contributed by atoms with E-state index in [2.05, 4.69) is 4.98 Å². The molecule has 104 valence electrons.